The van der Waals surface area contributed by atoms with Crippen molar-refractivity contribution in [1.29, 1.82) is 0 Å². The van der Waals surface area contributed by atoms with Crippen molar-refractivity contribution in [2.75, 3.05) is 21.3 Å². The zero-order valence-electron chi connectivity index (χ0n) is 14.4. The summed E-state index contributed by atoms with van der Waals surface area (Å²) in [5.74, 6) is 1.63. The summed E-state index contributed by atoms with van der Waals surface area (Å²) in [6.45, 7) is 0.966. The van der Waals surface area contributed by atoms with Gasteiger partial charge in [0.2, 0.25) is 0 Å². The molecule has 0 spiro atoms. The zero-order valence-corrected chi connectivity index (χ0v) is 15.2. The number of thiocarbonyl (C=S) groups is 1. The van der Waals surface area contributed by atoms with E-state index in [9.17, 15) is 4.39 Å². The van der Waals surface area contributed by atoms with Crippen molar-refractivity contribution in [1.82, 2.24) is 10.6 Å². The van der Waals surface area contributed by atoms with Crippen LogP contribution in [-0.2, 0) is 13.1 Å². The van der Waals surface area contributed by atoms with Crippen LogP contribution in [0.15, 0.2) is 36.4 Å². The monoisotopic (exact) mass is 364 g/mol. The van der Waals surface area contributed by atoms with Crippen molar-refractivity contribution in [2.45, 2.75) is 13.1 Å². The lowest BCUT2D eigenvalue weighted by Crippen LogP contribution is -2.34. The minimum atomic E-state index is -0.259. The summed E-state index contributed by atoms with van der Waals surface area (Å²) < 4.78 is 28.9. The van der Waals surface area contributed by atoms with Crippen molar-refractivity contribution < 1.29 is 18.6 Å². The molecular formula is C18H21FN2O3S. The standard InChI is InChI=1S/C18H21FN2O3S/c1-22-15-9-17(24-3)16(23-2)8-13(15)11-21-18(25)20-10-12-4-6-14(19)7-5-12/h4-9H,10-11H2,1-3H3,(H2,20,21,25). The van der Waals surface area contributed by atoms with Gasteiger partial charge in [-0.15, -0.1) is 0 Å². The first-order valence-electron chi connectivity index (χ1n) is 7.62. The fourth-order valence-electron chi connectivity index (χ4n) is 2.25. The molecule has 0 aliphatic rings. The molecule has 7 heteroatoms. The summed E-state index contributed by atoms with van der Waals surface area (Å²) in [5.41, 5.74) is 1.82. The van der Waals surface area contributed by atoms with Gasteiger partial charge in [-0.2, -0.15) is 0 Å². The van der Waals surface area contributed by atoms with E-state index in [-0.39, 0.29) is 5.82 Å². The number of halogens is 1. The molecule has 0 atom stereocenters. The van der Waals surface area contributed by atoms with E-state index in [4.69, 9.17) is 26.4 Å². The Morgan fingerprint density at radius 3 is 2.04 bits per heavy atom. The second-order valence-electron chi connectivity index (χ2n) is 5.18. The Morgan fingerprint density at radius 2 is 1.44 bits per heavy atom. The van der Waals surface area contributed by atoms with E-state index in [1.54, 1.807) is 39.5 Å². The maximum Gasteiger partial charge on any atom is 0.166 e. The van der Waals surface area contributed by atoms with Gasteiger partial charge in [-0.3, -0.25) is 0 Å². The molecule has 134 valence electrons. The number of benzene rings is 2. The molecule has 2 rings (SSSR count). The Morgan fingerprint density at radius 1 is 0.880 bits per heavy atom. The quantitative estimate of drug-likeness (QED) is 0.737. The van der Waals surface area contributed by atoms with E-state index < -0.39 is 0 Å². The molecule has 0 bridgehead atoms. The van der Waals surface area contributed by atoms with Gasteiger partial charge >= 0.3 is 0 Å². The summed E-state index contributed by atoms with van der Waals surface area (Å²) in [7, 11) is 4.75. The molecule has 0 saturated heterocycles. The maximum atomic E-state index is 12.9. The number of rotatable bonds is 7. The average molecular weight is 364 g/mol. The Bertz CT molecular complexity index is 723. The highest BCUT2D eigenvalue weighted by atomic mass is 32.1. The summed E-state index contributed by atoms with van der Waals surface area (Å²) in [4.78, 5) is 0. The maximum absolute atomic E-state index is 12.9. The van der Waals surface area contributed by atoms with Crippen molar-refractivity contribution >= 4 is 17.3 Å². The van der Waals surface area contributed by atoms with Crippen LogP contribution < -0.4 is 24.8 Å². The van der Waals surface area contributed by atoms with Crippen LogP contribution >= 0.6 is 12.2 Å². The molecular weight excluding hydrogens is 343 g/mol. The van der Waals surface area contributed by atoms with Crippen LogP contribution in [0.3, 0.4) is 0 Å². The lowest BCUT2D eigenvalue weighted by atomic mass is 10.1. The summed E-state index contributed by atoms with van der Waals surface area (Å²) in [6, 6.07) is 9.87. The molecule has 0 aliphatic carbocycles. The molecule has 0 amide bonds. The molecule has 5 nitrogen and oxygen atoms in total. The second-order valence-corrected chi connectivity index (χ2v) is 5.59. The molecule has 0 fully saturated rings. The third-order valence-corrected chi connectivity index (χ3v) is 3.88. The Kier molecular flexibility index (Phi) is 6.82. The van der Waals surface area contributed by atoms with E-state index >= 15 is 0 Å². The topological polar surface area (TPSA) is 51.8 Å². The lowest BCUT2D eigenvalue weighted by molar-refractivity contribution is 0.347. The highest BCUT2D eigenvalue weighted by Crippen LogP contribution is 2.34. The van der Waals surface area contributed by atoms with Gasteiger partial charge in [0.05, 0.1) is 21.3 Å². The first-order chi connectivity index (χ1) is 12.1. The molecule has 25 heavy (non-hydrogen) atoms. The van der Waals surface area contributed by atoms with Crippen molar-refractivity contribution in [3.05, 3.63) is 53.3 Å². The SMILES string of the molecule is COc1cc(OC)c(OC)cc1CNC(=S)NCc1ccc(F)cc1. The van der Waals surface area contributed by atoms with E-state index in [1.807, 2.05) is 6.07 Å². The molecule has 2 aromatic rings. The zero-order chi connectivity index (χ0) is 18.2. The van der Waals surface area contributed by atoms with Crippen LogP contribution in [0.1, 0.15) is 11.1 Å². The van der Waals surface area contributed by atoms with Gasteiger partial charge in [0, 0.05) is 24.7 Å². The van der Waals surface area contributed by atoms with Gasteiger partial charge < -0.3 is 24.8 Å². The predicted octanol–water partition coefficient (Wildman–Crippen LogP) is 3.02. The second kappa shape index (κ2) is 9.08. The lowest BCUT2D eigenvalue weighted by Gasteiger charge is -2.16. The minimum absolute atomic E-state index is 0.259. The van der Waals surface area contributed by atoms with Crippen LogP contribution in [0.25, 0.3) is 0 Å². The minimum Gasteiger partial charge on any atom is -0.496 e. The van der Waals surface area contributed by atoms with Crippen molar-refractivity contribution in [2.24, 2.45) is 0 Å². The smallest absolute Gasteiger partial charge is 0.166 e. The highest BCUT2D eigenvalue weighted by molar-refractivity contribution is 7.80. The largest absolute Gasteiger partial charge is 0.496 e. The van der Waals surface area contributed by atoms with Gasteiger partial charge in [0.1, 0.15) is 11.6 Å². The van der Waals surface area contributed by atoms with Crippen molar-refractivity contribution in [3.63, 3.8) is 0 Å². The third-order valence-electron chi connectivity index (χ3n) is 3.59. The van der Waals surface area contributed by atoms with E-state index in [0.29, 0.717) is 35.5 Å². The van der Waals surface area contributed by atoms with E-state index in [1.165, 1.54) is 12.1 Å². The molecule has 2 N–H and O–H groups in total. The first-order valence-corrected chi connectivity index (χ1v) is 8.03. The molecule has 0 saturated carbocycles. The van der Waals surface area contributed by atoms with Gasteiger partial charge in [-0.05, 0) is 36.0 Å². The number of nitrogens with one attached hydrogen (secondary N) is 2. The van der Waals surface area contributed by atoms with Gasteiger partial charge in [0.15, 0.2) is 16.6 Å². The number of hydrogen-bond donors (Lipinski definition) is 2. The highest BCUT2D eigenvalue weighted by Gasteiger charge is 2.12. The molecule has 0 unspecified atom stereocenters. The van der Waals surface area contributed by atoms with Crippen LogP contribution in [0.5, 0.6) is 17.2 Å². The fourth-order valence-corrected chi connectivity index (χ4v) is 2.40. The molecule has 0 aromatic heterocycles. The Labute approximate surface area is 152 Å². The number of ether oxygens (including phenoxy) is 3. The van der Waals surface area contributed by atoms with Crippen LogP contribution in [0.2, 0.25) is 0 Å². The van der Waals surface area contributed by atoms with Crippen molar-refractivity contribution in [3.8, 4) is 17.2 Å². The third kappa shape index (κ3) is 5.22. The molecule has 0 heterocycles. The summed E-state index contributed by atoms with van der Waals surface area (Å²) in [5, 5.41) is 6.68. The predicted molar refractivity (Wildman–Crippen MR) is 98.8 cm³/mol. The molecule has 0 aliphatic heterocycles. The fraction of sp³-hybridized carbons (Fsp3) is 0.278. The number of methoxy groups -OCH3 is 3. The van der Waals surface area contributed by atoms with Crippen LogP contribution in [-0.4, -0.2) is 26.4 Å². The normalized spacial score (nSPS) is 10.1. The Balaban J connectivity index is 1.95. The van der Waals surface area contributed by atoms with Gasteiger partial charge in [0.25, 0.3) is 0 Å². The molecule has 2 aromatic carbocycles. The molecule has 0 radical (unpaired) electrons. The average Bonchev–Trinajstić information content (AvgIpc) is 2.65. The van der Waals surface area contributed by atoms with Gasteiger partial charge in [-0.25, -0.2) is 4.39 Å². The summed E-state index contributed by atoms with van der Waals surface area (Å²) in [6.07, 6.45) is 0. The van der Waals surface area contributed by atoms with Gasteiger partial charge in [-0.1, -0.05) is 12.1 Å². The van der Waals surface area contributed by atoms with E-state index in [0.717, 1.165) is 11.1 Å². The van der Waals surface area contributed by atoms with E-state index in [2.05, 4.69) is 10.6 Å². The Hall–Kier alpha value is -2.54. The van der Waals surface area contributed by atoms with Crippen LogP contribution in [0.4, 0.5) is 4.39 Å². The first kappa shape index (κ1) is 18.8. The number of hydrogen-bond acceptors (Lipinski definition) is 4. The van der Waals surface area contributed by atoms with Crippen LogP contribution in [0, 0.1) is 5.82 Å². The summed E-state index contributed by atoms with van der Waals surface area (Å²) >= 11 is 5.27.